The predicted molar refractivity (Wildman–Crippen MR) is 195 cm³/mol. The summed E-state index contributed by atoms with van der Waals surface area (Å²) in [5, 5.41) is 15.1. The Morgan fingerprint density at radius 3 is 2.43 bits per heavy atom. The molecule has 0 bridgehead atoms. The normalized spacial score (nSPS) is 22.6. The van der Waals surface area contributed by atoms with E-state index in [4.69, 9.17) is 14.5 Å². The molecule has 2 saturated heterocycles. The highest BCUT2D eigenvalue weighted by Gasteiger charge is 2.42. The molecule has 2 aliphatic heterocycles. The summed E-state index contributed by atoms with van der Waals surface area (Å²) in [5.74, 6) is 0.816. The van der Waals surface area contributed by atoms with Crippen molar-refractivity contribution in [1.82, 2.24) is 24.7 Å². The monoisotopic (exact) mass is 716 g/mol. The van der Waals surface area contributed by atoms with Gasteiger partial charge in [0.2, 0.25) is 5.91 Å². The van der Waals surface area contributed by atoms with Gasteiger partial charge in [-0.2, -0.15) is 0 Å². The van der Waals surface area contributed by atoms with Gasteiger partial charge in [-0.05, 0) is 37.1 Å². The molecule has 1 aromatic heterocycles. The number of piperazine rings is 2. The summed E-state index contributed by atoms with van der Waals surface area (Å²) in [6.07, 6.45) is 5.76. The van der Waals surface area contributed by atoms with E-state index in [1.54, 1.807) is 20.4 Å². The van der Waals surface area contributed by atoms with Gasteiger partial charge in [-0.25, -0.2) is 4.98 Å². The highest BCUT2D eigenvalue weighted by molar-refractivity contribution is 5.98. The number of halogens is 2. The number of methoxy groups -OCH3 is 1. The van der Waals surface area contributed by atoms with E-state index in [-0.39, 0.29) is 55.3 Å². The van der Waals surface area contributed by atoms with Crippen LogP contribution in [0.4, 0.5) is 5.69 Å². The zero-order valence-electron chi connectivity index (χ0n) is 28.5. The molecule has 3 atom stereocenters. The Labute approximate surface area is 301 Å². The quantitative estimate of drug-likeness (QED) is 0.317. The first kappa shape index (κ1) is 38.5. The van der Waals surface area contributed by atoms with E-state index >= 15 is 0 Å². The molecule has 13 heteroatoms. The van der Waals surface area contributed by atoms with Crippen molar-refractivity contribution in [1.29, 1.82) is 0 Å². The summed E-state index contributed by atoms with van der Waals surface area (Å²) in [4.78, 5) is 36.8. The maximum Gasteiger partial charge on any atom is 0.275 e. The molecule has 0 spiro atoms. The molecular weight excluding hydrogens is 667 g/mol. The van der Waals surface area contributed by atoms with Gasteiger partial charge in [0.15, 0.2) is 5.69 Å². The Hall–Kier alpha value is -3.35. The van der Waals surface area contributed by atoms with Crippen LogP contribution in [0.5, 0.6) is 5.75 Å². The molecule has 0 unspecified atom stereocenters. The van der Waals surface area contributed by atoms with Crippen molar-refractivity contribution < 1.29 is 24.2 Å². The average Bonchev–Trinajstić information content (AvgIpc) is 3.54. The maximum atomic E-state index is 14.3. The minimum atomic E-state index is -1.03. The number of hydrogen-bond acceptors (Lipinski definition) is 8. The number of aromatic nitrogens is 2. The molecule has 49 heavy (non-hydrogen) atoms. The number of imidazole rings is 1. The van der Waals surface area contributed by atoms with Crippen LogP contribution in [0.25, 0.3) is 11.3 Å². The molecule has 1 aliphatic carbocycles. The molecule has 0 radical (unpaired) electrons. The summed E-state index contributed by atoms with van der Waals surface area (Å²) < 4.78 is 13.6. The van der Waals surface area contributed by atoms with Crippen LogP contribution in [0, 0.1) is 0 Å². The van der Waals surface area contributed by atoms with Crippen LogP contribution in [-0.2, 0) is 9.53 Å². The topological polar surface area (TPSA) is 112 Å². The van der Waals surface area contributed by atoms with Crippen LogP contribution >= 0.6 is 24.8 Å². The first-order valence-electron chi connectivity index (χ1n) is 17.0. The number of benzene rings is 2. The van der Waals surface area contributed by atoms with Crippen LogP contribution < -0.4 is 15.0 Å². The van der Waals surface area contributed by atoms with Crippen molar-refractivity contribution in [2.75, 3.05) is 71.0 Å². The van der Waals surface area contributed by atoms with Crippen LogP contribution in [-0.4, -0.2) is 114 Å². The molecule has 3 fully saturated rings. The fourth-order valence-electron chi connectivity index (χ4n) is 7.42. The molecule has 2 N–H and O–H groups in total. The number of carbonyl (C=O) groups excluding carboxylic acids is 2. The number of hydrogen-bond donors (Lipinski definition) is 2. The highest BCUT2D eigenvalue weighted by atomic mass is 35.5. The second kappa shape index (κ2) is 17.5. The standard InChI is InChI=1S/C36H48N6O5.2ClH/c1-27(43)39-19-21-40(22-20-39)29-11-13-31(14-12-29)47-23-15-30-24-37-17-18-41(30)35(44)33-34(28-8-4-3-5-9-28)42(26-38-33)32-10-6-7-16-36(32,45)25-46-2;;/h3-5,8-9,11-14,26,30,32,37,45H,6-7,10,15-25H2,1-2H3;2*1H/t30-,32-,36-;;/m1../s1. The zero-order chi connectivity index (χ0) is 32.8. The minimum Gasteiger partial charge on any atom is -0.494 e. The maximum absolute atomic E-state index is 14.3. The Bertz CT molecular complexity index is 1500. The van der Waals surface area contributed by atoms with E-state index in [0.717, 1.165) is 68.1 Å². The fraction of sp³-hybridized carbons (Fsp3) is 0.528. The third-order valence-electron chi connectivity index (χ3n) is 9.99. The molecule has 3 heterocycles. The SMILES string of the molecule is COC[C@]1(O)CCCC[C@H]1n1cnc(C(=O)N2CCNC[C@H]2CCOc2ccc(N3CCN(C(C)=O)CC3)cc2)c1-c1ccccc1.Cl.Cl. The molecule has 11 nitrogen and oxygen atoms in total. The Morgan fingerprint density at radius 1 is 1.00 bits per heavy atom. The van der Waals surface area contributed by atoms with Crippen molar-refractivity contribution in [2.24, 2.45) is 0 Å². The van der Waals surface area contributed by atoms with Gasteiger partial charge in [0, 0.05) is 83.6 Å². The van der Waals surface area contributed by atoms with Crippen molar-refractivity contribution in [3.8, 4) is 17.0 Å². The lowest BCUT2D eigenvalue weighted by molar-refractivity contribution is -0.129. The summed E-state index contributed by atoms with van der Waals surface area (Å²) in [7, 11) is 1.62. The Kier molecular flexibility index (Phi) is 13.8. The van der Waals surface area contributed by atoms with Gasteiger partial charge >= 0.3 is 0 Å². The number of amides is 2. The molecule has 1 saturated carbocycles. The number of carbonyl (C=O) groups is 2. The van der Waals surface area contributed by atoms with Crippen molar-refractivity contribution in [2.45, 2.75) is 56.7 Å². The molecule has 3 aromatic rings. The van der Waals surface area contributed by atoms with Crippen molar-refractivity contribution in [3.05, 3.63) is 66.6 Å². The average molecular weight is 718 g/mol. The number of aliphatic hydroxyl groups is 1. The van der Waals surface area contributed by atoms with Crippen molar-refractivity contribution >= 4 is 42.3 Å². The van der Waals surface area contributed by atoms with Gasteiger partial charge in [0.25, 0.3) is 5.91 Å². The van der Waals surface area contributed by atoms with E-state index in [9.17, 15) is 14.7 Å². The number of nitrogens with zero attached hydrogens (tertiary/aromatic N) is 5. The second-order valence-corrected chi connectivity index (χ2v) is 13.0. The van der Waals surface area contributed by atoms with Crippen LogP contribution in [0.2, 0.25) is 0 Å². The van der Waals surface area contributed by atoms with E-state index in [1.165, 1.54) is 0 Å². The van der Waals surface area contributed by atoms with Gasteiger partial charge in [0.05, 0.1) is 31.3 Å². The lowest BCUT2D eigenvalue weighted by atomic mass is 9.80. The van der Waals surface area contributed by atoms with Gasteiger partial charge < -0.3 is 39.2 Å². The first-order valence-corrected chi connectivity index (χ1v) is 17.0. The summed E-state index contributed by atoms with van der Waals surface area (Å²) in [6.45, 7) is 7.40. The third kappa shape index (κ3) is 8.69. The van der Waals surface area contributed by atoms with E-state index < -0.39 is 5.60 Å². The second-order valence-electron chi connectivity index (χ2n) is 13.0. The number of rotatable bonds is 10. The molecule has 268 valence electrons. The van der Waals surface area contributed by atoms with Crippen LogP contribution in [0.15, 0.2) is 60.9 Å². The highest BCUT2D eigenvalue weighted by Crippen LogP contribution is 2.41. The van der Waals surface area contributed by atoms with Gasteiger partial charge in [-0.3, -0.25) is 9.59 Å². The lowest BCUT2D eigenvalue weighted by Crippen LogP contribution is -2.54. The van der Waals surface area contributed by atoms with Crippen LogP contribution in [0.1, 0.15) is 55.6 Å². The third-order valence-corrected chi connectivity index (χ3v) is 9.99. The molecular formula is C36H50Cl2N6O5. The molecule has 2 amide bonds. The Morgan fingerprint density at radius 2 is 1.73 bits per heavy atom. The van der Waals surface area contributed by atoms with Crippen molar-refractivity contribution in [3.63, 3.8) is 0 Å². The van der Waals surface area contributed by atoms with Gasteiger partial charge in [-0.1, -0.05) is 43.2 Å². The summed E-state index contributed by atoms with van der Waals surface area (Å²) >= 11 is 0. The minimum absolute atomic E-state index is 0. The number of anilines is 1. The summed E-state index contributed by atoms with van der Waals surface area (Å²) in [5.41, 5.74) is 2.14. The fourth-order valence-corrected chi connectivity index (χ4v) is 7.42. The van der Waals surface area contributed by atoms with E-state index in [2.05, 4.69) is 22.3 Å². The molecule has 6 rings (SSSR count). The summed E-state index contributed by atoms with van der Waals surface area (Å²) in [6, 6.07) is 17.7. The van der Waals surface area contributed by atoms with Crippen LogP contribution in [0.3, 0.4) is 0 Å². The lowest BCUT2D eigenvalue weighted by Gasteiger charge is -2.41. The first-order chi connectivity index (χ1) is 22.9. The Balaban J connectivity index is 0.00000270. The van der Waals surface area contributed by atoms with Gasteiger partial charge in [-0.15, -0.1) is 24.8 Å². The zero-order valence-corrected chi connectivity index (χ0v) is 30.1. The van der Waals surface area contributed by atoms with E-state index in [1.807, 2.05) is 56.8 Å². The predicted octanol–water partition coefficient (Wildman–Crippen LogP) is 4.44. The molecule has 3 aliphatic rings. The molecule has 2 aromatic carbocycles. The largest absolute Gasteiger partial charge is 0.494 e. The number of nitrogens with one attached hydrogen (secondary N) is 1. The smallest absolute Gasteiger partial charge is 0.275 e. The number of ether oxygens (including phenoxy) is 2. The van der Waals surface area contributed by atoms with E-state index in [0.29, 0.717) is 44.8 Å². The van der Waals surface area contributed by atoms with Gasteiger partial charge in [0.1, 0.15) is 11.4 Å².